The standard InChI is InChI=1S/C22H20ClN7O2/c1-13-18(10-16(11-25-13)15-5-6-20-27-21(24)28-29(20)12-15)26-22(31)30-19(7-8-32-30)14-3-2-4-17(23)9-14/h2-6,9-12,19H,7-8H2,1H3,(H2,24,28)(H,26,31). The number of nitrogen functional groups attached to an aromatic ring is 1. The van der Waals surface area contributed by atoms with E-state index in [1.54, 1.807) is 16.8 Å². The van der Waals surface area contributed by atoms with Gasteiger partial charge in [-0.1, -0.05) is 23.7 Å². The number of urea groups is 1. The first kappa shape index (κ1) is 20.2. The van der Waals surface area contributed by atoms with Gasteiger partial charge < -0.3 is 11.1 Å². The number of anilines is 2. The lowest BCUT2D eigenvalue weighted by atomic mass is 10.0. The van der Waals surface area contributed by atoms with Gasteiger partial charge in [0.2, 0.25) is 5.95 Å². The van der Waals surface area contributed by atoms with Gasteiger partial charge >= 0.3 is 6.03 Å². The van der Waals surface area contributed by atoms with Gasteiger partial charge in [-0.15, -0.1) is 5.10 Å². The average molecular weight is 450 g/mol. The molecule has 10 heteroatoms. The summed E-state index contributed by atoms with van der Waals surface area (Å²) in [5.41, 5.74) is 10.2. The highest BCUT2D eigenvalue weighted by Gasteiger charge is 2.32. The van der Waals surface area contributed by atoms with Crippen molar-refractivity contribution in [1.82, 2.24) is 24.6 Å². The Hall–Kier alpha value is -3.69. The SMILES string of the molecule is Cc1ncc(-c2ccc3nc(N)nn3c2)cc1NC(=O)N1OCCC1c1cccc(Cl)c1. The van der Waals surface area contributed by atoms with E-state index in [9.17, 15) is 4.79 Å². The molecule has 3 aromatic heterocycles. The number of hydrogen-bond donors (Lipinski definition) is 2. The predicted molar refractivity (Wildman–Crippen MR) is 121 cm³/mol. The lowest BCUT2D eigenvalue weighted by Crippen LogP contribution is -2.33. The van der Waals surface area contributed by atoms with Crippen LogP contribution in [0.15, 0.2) is 54.9 Å². The van der Waals surface area contributed by atoms with Crippen molar-refractivity contribution in [2.75, 3.05) is 17.7 Å². The molecule has 0 saturated carbocycles. The van der Waals surface area contributed by atoms with Crippen LogP contribution in [0.1, 0.15) is 23.7 Å². The quantitative estimate of drug-likeness (QED) is 0.483. The Morgan fingerprint density at radius 1 is 1.25 bits per heavy atom. The van der Waals surface area contributed by atoms with E-state index in [1.165, 1.54) is 5.06 Å². The van der Waals surface area contributed by atoms with Crippen LogP contribution in [0.5, 0.6) is 0 Å². The van der Waals surface area contributed by atoms with E-state index in [1.807, 2.05) is 49.5 Å². The van der Waals surface area contributed by atoms with Gasteiger partial charge in [0.1, 0.15) is 0 Å². The first-order chi connectivity index (χ1) is 15.5. The lowest BCUT2D eigenvalue weighted by Gasteiger charge is -2.23. The number of aryl methyl sites for hydroxylation is 1. The Bertz CT molecular complexity index is 1320. The van der Waals surface area contributed by atoms with Crippen LogP contribution in [0, 0.1) is 6.92 Å². The number of amides is 2. The molecule has 1 atom stereocenters. The van der Waals surface area contributed by atoms with Gasteiger partial charge in [0.15, 0.2) is 5.65 Å². The molecule has 9 nitrogen and oxygen atoms in total. The minimum Gasteiger partial charge on any atom is -0.366 e. The molecule has 162 valence electrons. The smallest absolute Gasteiger partial charge is 0.346 e. The topological polar surface area (TPSA) is 111 Å². The van der Waals surface area contributed by atoms with Crippen molar-refractivity contribution in [1.29, 1.82) is 0 Å². The normalized spacial score (nSPS) is 15.9. The summed E-state index contributed by atoms with van der Waals surface area (Å²) in [5, 5.41) is 9.06. The summed E-state index contributed by atoms with van der Waals surface area (Å²) in [6.07, 6.45) is 4.25. The summed E-state index contributed by atoms with van der Waals surface area (Å²) in [4.78, 5) is 27.3. The van der Waals surface area contributed by atoms with Crippen molar-refractivity contribution in [2.24, 2.45) is 0 Å². The number of benzene rings is 1. The number of nitrogens with two attached hydrogens (primary N) is 1. The number of rotatable bonds is 3. The van der Waals surface area contributed by atoms with Crippen molar-refractivity contribution < 1.29 is 9.63 Å². The van der Waals surface area contributed by atoms with Gasteiger partial charge in [0.25, 0.3) is 0 Å². The van der Waals surface area contributed by atoms with Crippen LogP contribution in [0.4, 0.5) is 16.4 Å². The van der Waals surface area contributed by atoms with Crippen LogP contribution in [0.3, 0.4) is 0 Å². The molecule has 1 aliphatic rings. The van der Waals surface area contributed by atoms with Gasteiger partial charge in [0, 0.05) is 35.0 Å². The number of aromatic nitrogens is 4. The Morgan fingerprint density at radius 2 is 2.12 bits per heavy atom. The summed E-state index contributed by atoms with van der Waals surface area (Å²) in [6.45, 7) is 2.28. The van der Waals surface area contributed by atoms with Gasteiger partial charge in [-0.25, -0.2) is 9.31 Å². The number of nitrogens with zero attached hydrogens (tertiary/aromatic N) is 5. The monoisotopic (exact) mass is 449 g/mol. The maximum Gasteiger partial charge on any atom is 0.346 e. The van der Waals surface area contributed by atoms with E-state index >= 15 is 0 Å². The number of nitrogens with one attached hydrogen (secondary N) is 1. The summed E-state index contributed by atoms with van der Waals surface area (Å²) < 4.78 is 1.61. The fraction of sp³-hybridized carbons (Fsp3) is 0.182. The first-order valence-corrected chi connectivity index (χ1v) is 10.4. The molecule has 1 aromatic carbocycles. The van der Waals surface area contributed by atoms with E-state index in [0.717, 1.165) is 16.7 Å². The Morgan fingerprint density at radius 3 is 2.97 bits per heavy atom. The van der Waals surface area contributed by atoms with Gasteiger partial charge in [0.05, 0.1) is 24.0 Å². The minimum atomic E-state index is -0.367. The molecule has 2 amide bonds. The van der Waals surface area contributed by atoms with E-state index in [-0.39, 0.29) is 18.0 Å². The largest absolute Gasteiger partial charge is 0.366 e. The predicted octanol–water partition coefficient (Wildman–Crippen LogP) is 4.25. The van der Waals surface area contributed by atoms with Crippen LogP contribution in [0.2, 0.25) is 5.02 Å². The van der Waals surface area contributed by atoms with Gasteiger partial charge in [-0.05, 0) is 42.8 Å². The van der Waals surface area contributed by atoms with Crippen LogP contribution < -0.4 is 11.1 Å². The van der Waals surface area contributed by atoms with Gasteiger partial charge in [-0.3, -0.25) is 9.82 Å². The zero-order chi connectivity index (χ0) is 22.2. The van der Waals surface area contributed by atoms with Crippen LogP contribution >= 0.6 is 11.6 Å². The number of hydrogen-bond acceptors (Lipinski definition) is 6. The molecule has 3 N–H and O–H groups in total. The molecule has 0 radical (unpaired) electrons. The molecule has 5 rings (SSSR count). The van der Waals surface area contributed by atoms with Crippen LogP contribution in [0.25, 0.3) is 16.8 Å². The highest BCUT2D eigenvalue weighted by molar-refractivity contribution is 6.30. The Balaban J connectivity index is 1.40. The first-order valence-electron chi connectivity index (χ1n) is 10.1. The average Bonchev–Trinajstić information content (AvgIpc) is 3.40. The third-order valence-electron chi connectivity index (χ3n) is 5.35. The van der Waals surface area contributed by atoms with Crippen LogP contribution in [-0.4, -0.2) is 37.3 Å². The highest BCUT2D eigenvalue weighted by atomic mass is 35.5. The van der Waals surface area contributed by atoms with Gasteiger partial charge in [-0.2, -0.15) is 10.0 Å². The lowest BCUT2D eigenvalue weighted by molar-refractivity contribution is -0.0829. The second-order valence-electron chi connectivity index (χ2n) is 7.50. The van der Waals surface area contributed by atoms with Crippen LogP contribution in [-0.2, 0) is 4.84 Å². The number of carbonyl (C=O) groups is 1. The zero-order valence-electron chi connectivity index (χ0n) is 17.2. The molecular formula is C22H20ClN7O2. The molecule has 0 bridgehead atoms. The Kier molecular flexibility index (Phi) is 5.12. The van der Waals surface area contributed by atoms with E-state index < -0.39 is 0 Å². The Labute approximate surface area is 188 Å². The molecule has 0 aliphatic carbocycles. The number of pyridine rings is 2. The second-order valence-corrected chi connectivity index (χ2v) is 7.93. The molecule has 4 aromatic rings. The van der Waals surface area contributed by atoms with Crippen molar-refractivity contribution in [3.05, 3.63) is 71.1 Å². The molecule has 4 heterocycles. The molecule has 1 unspecified atom stereocenters. The summed E-state index contributed by atoms with van der Waals surface area (Å²) >= 11 is 6.13. The number of hydroxylamine groups is 2. The molecule has 1 aliphatic heterocycles. The molecule has 1 saturated heterocycles. The minimum absolute atomic E-state index is 0.206. The third-order valence-corrected chi connectivity index (χ3v) is 5.58. The zero-order valence-corrected chi connectivity index (χ0v) is 18.0. The number of carbonyl (C=O) groups excluding carboxylic acids is 1. The fourth-order valence-electron chi connectivity index (χ4n) is 3.74. The number of fused-ring (bicyclic) bond motifs is 1. The number of halogens is 1. The maximum absolute atomic E-state index is 13.1. The molecule has 1 fully saturated rings. The molecule has 0 spiro atoms. The maximum atomic E-state index is 13.1. The van der Waals surface area contributed by atoms with Crippen molar-refractivity contribution in [2.45, 2.75) is 19.4 Å². The summed E-state index contributed by atoms with van der Waals surface area (Å²) in [5.74, 6) is 0.206. The van der Waals surface area contributed by atoms with E-state index in [0.29, 0.717) is 35.1 Å². The fourth-order valence-corrected chi connectivity index (χ4v) is 3.94. The molecule has 32 heavy (non-hydrogen) atoms. The van der Waals surface area contributed by atoms with E-state index in [4.69, 9.17) is 22.2 Å². The summed E-state index contributed by atoms with van der Waals surface area (Å²) in [6, 6.07) is 12.5. The van der Waals surface area contributed by atoms with E-state index in [2.05, 4.69) is 20.4 Å². The molecular weight excluding hydrogens is 430 g/mol. The third kappa shape index (κ3) is 3.83. The van der Waals surface area contributed by atoms with Crippen molar-refractivity contribution in [3.63, 3.8) is 0 Å². The summed E-state index contributed by atoms with van der Waals surface area (Å²) in [7, 11) is 0. The van der Waals surface area contributed by atoms with Crippen molar-refractivity contribution in [3.8, 4) is 11.1 Å². The highest BCUT2D eigenvalue weighted by Crippen LogP contribution is 2.32. The van der Waals surface area contributed by atoms with Crippen molar-refractivity contribution >= 4 is 34.9 Å². The second kappa shape index (κ2) is 8.10.